The summed E-state index contributed by atoms with van der Waals surface area (Å²) in [5.74, 6) is 0. The highest BCUT2D eigenvalue weighted by molar-refractivity contribution is 7.94. The topological polar surface area (TPSA) is 43.4 Å². The van der Waals surface area contributed by atoms with Gasteiger partial charge >= 0.3 is 0 Å². The molecule has 0 radical (unpaired) electrons. The van der Waals surface area contributed by atoms with Crippen LogP contribution in [-0.2, 0) is 14.6 Å². The number of hydrogen-bond donors (Lipinski definition) is 0. The largest absolute Gasteiger partial charge is 0.381 e. The van der Waals surface area contributed by atoms with E-state index >= 15 is 0 Å². The number of rotatable bonds is 4. The lowest BCUT2D eigenvalue weighted by Gasteiger charge is -2.00. The monoisotopic (exact) mass is 178 g/mol. The van der Waals surface area contributed by atoms with Crippen LogP contribution in [0.2, 0.25) is 0 Å². The first-order chi connectivity index (χ1) is 5.00. The van der Waals surface area contributed by atoms with Gasteiger partial charge in [0.15, 0.2) is 9.84 Å². The smallest absolute Gasteiger partial charge is 0.173 e. The highest BCUT2D eigenvalue weighted by atomic mass is 32.2. The van der Waals surface area contributed by atoms with Gasteiger partial charge in [0.25, 0.3) is 0 Å². The minimum Gasteiger partial charge on any atom is -0.381 e. The molecule has 0 aromatic heterocycles. The fraction of sp³-hybridized carbons (Fsp3) is 0.714. The van der Waals surface area contributed by atoms with Crippen LogP contribution in [0, 0.1) is 0 Å². The maximum absolute atomic E-state index is 11.1. The zero-order chi connectivity index (χ0) is 8.91. The lowest BCUT2D eigenvalue weighted by molar-refractivity contribution is 0.234. The van der Waals surface area contributed by atoms with E-state index in [1.807, 2.05) is 0 Å². The Balaban J connectivity index is 4.14. The Labute approximate surface area is 68.0 Å². The molecule has 0 aliphatic heterocycles. The van der Waals surface area contributed by atoms with Crippen LogP contribution in [0.15, 0.2) is 11.5 Å². The maximum Gasteiger partial charge on any atom is 0.173 e. The van der Waals surface area contributed by atoms with Gasteiger partial charge in [0.05, 0.1) is 11.9 Å². The summed E-state index contributed by atoms with van der Waals surface area (Å²) in [7, 11) is -1.51. The molecule has 0 aromatic carbocycles. The van der Waals surface area contributed by atoms with Crippen LogP contribution in [0.3, 0.4) is 0 Å². The van der Waals surface area contributed by atoms with Gasteiger partial charge in [-0.2, -0.15) is 0 Å². The second-order valence-electron chi connectivity index (χ2n) is 2.46. The Kier molecular flexibility index (Phi) is 4.37. The van der Waals surface area contributed by atoms with Gasteiger partial charge in [0, 0.05) is 12.5 Å². The molecular weight excluding hydrogens is 164 g/mol. The predicted octanol–water partition coefficient (Wildman–Crippen LogP) is 0.970. The van der Waals surface area contributed by atoms with Crippen LogP contribution in [-0.4, -0.2) is 27.4 Å². The highest BCUT2D eigenvalue weighted by Crippen LogP contribution is 2.01. The van der Waals surface area contributed by atoms with E-state index < -0.39 is 9.84 Å². The third-order valence-electron chi connectivity index (χ3n) is 1.21. The zero-order valence-electron chi connectivity index (χ0n) is 7.07. The zero-order valence-corrected chi connectivity index (χ0v) is 7.89. The molecule has 0 aromatic rings. The van der Waals surface area contributed by atoms with E-state index in [2.05, 4.69) is 4.74 Å². The van der Waals surface area contributed by atoms with Gasteiger partial charge in [-0.15, -0.1) is 0 Å². The Hall–Kier alpha value is -0.350. The van der Waals surface area contributed by atoms with Gasteiger partial charge < -0.3 is 4.74 Å². The molecule has 0 rings (SSSR count). The minimum atomic E-state index is -3.03. The van der Waals surface area contributed by atoms with Crippen LogP contribution in [0.25, 0.3) is 0 Å². The van der Waals surface area contributed by atoms with E-state index in [1.165, 1.54) is 18.6 Å². The van der Waals surface area contributed by atoms with Crippen molar-refractivity contribution in [2.75, 3.05) is 13.7 Å². The van der Waals surface area contributed by atoms with Crippen molar-refractivity contribution in [3.63, 3.8) is 0 Å². The molecule has 0 atom stereocenters. The lowest BCUT2D eigenvalue weighted by atomic mass is 10.6. The van der Waals surface area contributed by atoms with Gasteiger partial charge in [0.2, 0.25) is 0 Å². The minimum absolute atomic E-state index is 0.339. The van der Waals surface area contributed by atoms with E-state index in [9.17, 15) is 8.42 Å². The first kappa shape index (κ1) is 10.7. The second kappa shape index (κ2) is 4.51. The van der Waals surface area contributed by atoms with Crippen molar-refractivity contribution in [1.82, 2.24) is 0 Å². The molecule has 0 spiro atoms. The molecule has 66 valence electrons. The van der Waals surface area contributed by atoms with E-state index in [1.54, 1.807) is 13.8 Å². The first-order valence-corrected chi connectivity index (χ1v) is 5.01. The van der Waals surface area contributed by atoms with Crippen molar-refractivity contribution in [2.45, 2.75) is 19.1 Å². The predicted molar refractivity (Wildman–Crippen MR) is 45.1 cm³/mol. The third kappa shape index (κ3) is 4.16. The number of methoxy groups -OCH3 is 1. The normalized spacial score (nSPS) is 13.1. The summed E-state index contributed by atoms with van der Waals surface area (Å²) < 4.78 is 26.8. The van der Waals surface area contributed by atoms with Gasteiger partial charge in [-0.05, 0) is 19.9 Å². The molecule has 0 saturated carbocycles. The Bertz CT molecular complexity index is 214. The Morgan fingerprint density at radius 1 is 1.45 bits per heavy atom. The van der Waals surface area contributed by atoms with Crippen LogP contribution in [0.5, 0.6) is 0 Å². The molecule has 4 heteroatoms. The molecule has 0 saturated heterocycles. The third-order valence-corrected chi connectivity index (χ3v) is 3.09. The van der Waals surface area contributed by atoms with Gasteiger partial charge in [-0.3, -0.25) is 0 Å². The van der Waals surface area contributed by atoms with Crippen molar-refractivity contribution < 1.29 is 13.2 Å². The number of hydrogen-bond acceptors (Lipinski definition) is 3. The molecule has 0 heterocycles. The molecular formula is C7H14O3S. The lowest BCUT2D eigenvalue weighted by Crippen LogP contribution is -2.10. The van der Waals surface area contributed by atoms with Crippen LogP contribution in [0.1, 0.15) is 13.8 Å². The van der Waals surface area contributed by atoms with Crippen molar-refractivity contribution in [3.05, 3.63) is 11.5 Å². The molecule has 0 aliphatic carbocycles. The number of sulfone groups is 1. The quantitative estimate of drug-likeness (QED) is 0.644. The average molecular weight is 178 g/mol. The maximum atomic E-state index is 11.1. The highest BCUT2D eigenvalue weighted by Gasteiger charge is 2.10. The fourth-order valence-corrected chi connectivity index (χ4v) is 1.09. The first-order valence-electron chi connectivity index (χ1n) is 3.40. The van der Waals surface area contributed by atoms with Gasteiger partial charge in [0.1, 0.15) is 0 Å². The molecule has 11 heavy (non-hydrogen) atoms. The number of ether oxygens (including phenoxy) is 1. The van der Waals surface area contributed by atoms with Crippen LogP contribution >= 0.6 is 0 Å². The molecule has 0 aliphatic rings. The molecule has 0 unspecified atom stereocenters. The second-order valence-corrected chi connectivity index (χ2v) is 4.86. The Morgan fingerprint density at radius 3 is 2.36 bits per heavy atom. The van der Waals surface area contributed by atoms with Crippen LogP contribution in [0.4, 0.5) is 0 Å². The van der Waals surface area contributed by atoms with E-state index in [-0.39, 0.29) is 5.25 Å². The van der Waals surface area contributed by atoms with Gasteiger partial charge in [-0.1, -0.05) is 0 Å². The average Bonchev–Trinajstić information content (AvgIpc) is 1.88. The summed E-state index contributed by atoms with van der Waals surface area (Å²) in [5, 5.41) is 0.844. The van der Waals surface area contributed by atoms with E-state index in [4.69, 9.17) is 0 Å². The Morgan fingerprint density at radius 2 is 2.00 bits per heavy atom. The SMILES string of the molecule is COC/C=C\S(=O)(=O)C(C)C. The molecule has 3 nitrogen and oxygen atoms in total. The van der Waals surface area contributed by atoms with Gasteiger partial charge in [-0.25, -0.2) is 8.42 Å². The van der Waals surface area contributed by atoms with E-state index in [0.717, 1.165) is 0 Å². The summed E-state index contributed by atoms with van der Waals surface area (Å²) in [6.45, 7) is 3.63. The molecule has 0 amide bonds. The van der Waals surface area contributed by atoms with E-state index in [0.29, 0.717) is 6.61 Å². The summed E-state index contributed by atoms with van der Waals surface area (Å²) in [4.78, 5) is 0. The summed E-state index contributed by atoms with van der Waals surface area (Å²) in [6.07, 6.45) is 1.50. The van der Waals surface area contributed by atoms with Crippen molar-refractivity contribution in [1.29, 1.82) is 0 Å². The van der Waals surface area contributed by atoms with Crippen LogP contribution < -0.4 is 0 Å². The molecule has 0 fully saturated rings. The fourth-order valence-electron chi connectivity index (χ4n) is 0.427. The summed E-state index contributed by atoms with van der Waals surface area (Å²) in [6, 6.07) is 0. The standard InChI is InChI=1S/C7H14O3S/c1-7(2)11(8,9)6-4-5-10-3/h4,6-7H,5H2,1-3H3/b6-4-. The van der Waals surface area contributed by atoms with Crippen molar-refractivity contribution in [2.24, 2.45) is 0 Å². The summed E-state index contributed by atoms with van der Waals surface area (Å²) >= 11 is 0. The van der Waals surface area contributed by atoms with Crippen molar-refractivity contribution in [3.8, 4) is 0 Å². The summed E-state index contributed by atoms with van der Waals surface area (Å²) in [5.41, 5.74) is 0. The van der Waals surface area contributed by atoms with Crippen molar-refractivity contribution >= 4 is 9.84 Å². The molecule has 0 N–H and O–H groups in total. The molecule has 0 bridgehead atoms.